The highest BCUT2D eigenvalue weighted by molar-refractivity contribution is 5.76. The van der Waals surface area contributed by atoms with Gasteiger partial charge in [0.1, 0.15) is 6.61 Å². The van der Waals surface area contributed by atoms with E-state index in [0.29, 0.717) is 6.54 Å². The van der Waals surface area contributed by atoms with Gasteiger partial charge >= 0.3 is 12.1 Å². The molecular weight excluding hydrogens is 298 g/mol. The van der Waals surface area contributed by atoms with Crippen molar-refractivity contribution < 1.29 is 24.2 Å². The first-order chi connectivity index (χ1) is 11.1. The van der Waals surface area contributed by atoms with Crippen LogP contribution in [-0.2, 0) is 20.9 Å². The van der Waals surface area contributed by atoms with Gasteiger partial charge in [-0.1, -0.05) is 37.3 Å². The van der Waals surface area contributed by atoms with E-state index < -0.39 is 12.0 Å². The highest BCUT2D eigenvalue weighted by atomic mass is 16.6. The monoisotopic (exact) mass is 321 g/mol. The third-order valence-corrected chi connectivity index (χ3v) is 4.35. The topological polar surface area (TPSA) is 76.1 Å². The Morgan fingerprint density at radius 3 is 2.61 bits per heavy atom. The number of hydrogen-bond acceptors (Lipinski definition) is 5. The average Bonchev–Trinajstić information content (AvgIpc) is 3.04. The number of amides is 1. The van der Waals surface area contributed by atoms with Crippen molar-refractivity contribution in [1.82, 2.24) is 4.90 Å². The highest BCUT2D eigenvalue weighted by Crippen LogP contribution is 2.31. The number of aliphatic hydroxyl groups is 1. The minimum atomic E-state index is -0.449. The number of carbonyl (C=O) groups is 2. The summed E-state index contributed by atoms with van der Waals surface area (Å²) in [5, 5.41) is 9.36. The Bertz CT molecular complexity index is 533. The van der Waals surface area contributed by atoms with E-state index in [2.05, 4.69) is 0 Å². The molecule has 1 aliphatic heterocycles. The molecule has 0 radical (unpaired) electrons. The first-order valence-electron chi connectivity index (χ1n) is 7.71. The minimum absolute atomic E-state index is 0.0366. The number of aliphatic hydroxyl groups excluding tert-OH is 1. The van der Waals surface area contributed by atoms with Crippen molar-refractivity contribution in [2.45, 2.75) is 13.5 Å². The van der Waals surface area contributed by atoms with E-state index in [1.54, 1.807) is 0 Å². The molecule has 2 rings (SSSR count). The lowest BCUT2D eigenvalue weighted by atomic mass is 9.85. The van der Waals surface area contributed by atoms with Crippen molar-refractivity contribution in [2.75, 3.05) is 26.8 Å². The molecule has 6 heteroatoms. The van der Waals surface area contributed by atoms with Gasteiger partial charge in [-0.05, 0) is 17.4 Å². The molecule has 1 aromatic carbocycles. The average molecular weight is 321 g/mol. The van der Waals surface area contributed by atoms with Crippen molar-refractivity contribution in [2.24, 2.45) is 17.8 Å². The molecule has 1 fully saturated rings. The van der Waals surface area contributed by atoms with Crippen LogP contribution in [0.2, 0.25) is 0 Å². The fourth-order valence-corrected chi connectivity index (χ4v) is 2.90. The molecule has 0 bridgehead atoms. The van der Waals surface area contributed by atoms with E-state index in [-0.39, 0.29) is 37.6 Å². The summed E-state index contributed by atoms with van der Waals surface area (Å²) in [6.07, 6.45) is -0.449. The number of rotatable bonds is 5. The summed E-state index contributed by atoms with van der Waals surface area (Å²) < 4.78 is 10.1. The Morgan fingerprint density at radius 1 is 1.30 bits per heavy atom. The second-order valence-corrected chi connectivity index (χ2v) is 5.90. The van der Waals surface area contributed by atoms with Gasteiger partial charge in [-0.15, -0.1) is 0 Å². The van der Waals surface area contributed by atoms with E-state index in [0.717, 1.165) is 5.56 Å². The predicted octanol–water partition coefficient (Wildman–Crippen LogP) is 1.67. The van der Waals surface area contributed by atoms with Crippen LogP contribution in [0.25, 0.3) is 0 Å². The van der Waals surface area contributed by atoms with Crippen molar-refractivity contribution >= 4 is 12.1 Å². The maximum Gasteiger partial charge on any atom is 0.410 e. The molecule has 1 N–H and O–H groups in total. The predicted molar refractivity (Wildman–Crippen MR) is 83.4 cm³/mol. The lowest BCUT2D eigenvalue weighted by molar-refractivity contribution is -0.146. The Kier molecular flexibility index (Phi) is 5.98. The van der Waals surface area contributed by atoms with Crippen molar-refractivity contribution in [1.29, 1.82) is 0 Å². The molecule has 23 heavy (non-hydrogen) atoms. The van der Waals surface area contributed by atoms with E-state index in [9.17, 15) is 14.7 Å². The number of ether oxygens (including phenoxy) is 2. The summed E-state index contributed by atoms with van der Waals surface area (Å²) in [5.41, 5.74) is 0.907. The maximum atomic E-state index is 12.2. The van der Waals surface area contributed by atoms with Gasteiger partial charge in [-0.3, -0.25) is 4.79 Å². The van der Waals surface area contributed by atoms with Crippen LogP contribution >= 0.6 is 0 Å². The fourth-order valence-electron chi connectivity index (χ4n) is 2.90. The summed E-state index contributed by atoms with van der Waals surface area (Å²) in [6, 6.07) is 9.42. The van der Waals surface area contributed by atoms with Gasteiger partial charge in [0.2, 0.25) is 0 Å². The Morgan fingerprint density at radius 2 is 2.00 bits per heavy atom. The van der Waals surface area contributed by atoms with Crippen LogP contribution in [0.4, 0.5) is 4.79 Å². The van der Waals surface area contributed by atoms with Crippen molar-refractivity contribution in [3.05, 3.63) is 35.9 Å². The molecule has 1 saturated heterocycles. The molecule has 6 nitrogen and oxygen atoms in total. The lowest BCUT2D eigenvalue weighted by Gasteiger charge is -2.21. The number of methoxy groups -OCH3 is 1. The Balaban J connectivity index is 1.97. The minimum Gasteiger partial charge on any atom is -0.469 e. The normalized spacial score (nSPS) is 21.8. The first-order valence-corrected chi connectivity index (χ1v) is 7.71. The Labute approximate surface area is 136 Å². The van der Waals surface area contributed by atoms with E-state index in [1.807, 2.05) is 37.3 Å². The molecule has 3 atom stereocenters. The number of benzene rings is 1. The quantitative estimate of drug-likeness (QED) is 0.835. The largest absolute Gasteiger partial charge is 0.469 e. The van der Waals surface area contributed by atoms with E-state index in [4.69, 9.17) is 9.47 Å². The molecular formula is C17H23NO5. The third-order valence-electron chi connectivity index (χ3n) is 4.35. The van der Waals surface area contributed by atoms with Crippen LogP contribution < -0.4 is 0 Å². The van der Waals surface area contributed by atoms with Crippen LogP contribution in [0.5, 0.6) is 0 Å². The second kappa shape index (κ2) is 7.97. The molecule has 2 unspecified atom stereocenters. The van der Waals surface area contributed by atoms with Crippen LogP contribution in [0.1, 0.15) is 12.5 Å². The van der Waals surface area contributed by atoms with Gasteiger partial charge in [0.15, 0.2) is 0 Å². The maximum absolute atomic E-state index is 12.2. The number of likely N-dealkylation sites (tertiary alicyclic amines) is 1. The SMILES string of the molecule is COC(=O)C1CN(C(=O)OCc2ccccc2)CC1[C@@H](C)CO. The molecule has 1 aromatic rings. The van der Waals surface area contributed by atoms with Gasteiger partial charge in [0.05, 0.1) is 13.0 Å². The molecule has 0 aliphatic carbocycles. The molecule has 1 amide bonds. The zero-order chi connectivity index (χ0) is 16.8. The molecule has 126 valence electrons. The van der Waals surface area contributed by atoms with Crippen LogP contribution in [0.15, 0.2) is 30.3 Å². The number of esters is 1. The summed E-state index contributed by atoms with van der Waals surface area (Å²) in [4.78, 5) is 25.6. The molecule has 0 aromatic heterocycles. The number of nitrogens with zero attached hydrogens (tertiary/aromatic N) is 1. The van der Waals surface area contributed by atoms with E-state index >= 15 is 0 Å². The summed E-state index contributed by atoms with van der Waals surface area (Å²) in [5.74, 6) is -0.997. The summed E-state index contributed by atoms with van der Waals surface area (Å²) >= 11 is 0. The van der Waals surface area contributed by atoms with Crippen molar-refractivity contribution in [3.8, 4) is 0 Å². The summed E-state index contributed by atoms with van der Waals surface area (Å²) in [6.45, 7) is 2.66. The highest BCUT2D eigenvalue weighted by Gasteiger charge is 2.43. The van der Waals surface area contributed by atoms with Gasteiger partial charge in [0, 0.05) is 19.7 Å². The van der Waals surface area contributed by atoms with Crippen LogP contribution in [-0.4, -0.2) is 48.9 Å². The van der Waals surface area contributed by atoms with Gasteiger partial charge in [-0.2, -0.15) is 0 Å². The van der Waals surface area contributed by atoms with Crippen LogP contribution in [0.3, 0.4) is 0 Å². The smallest absolute Gasteiger partial charge is 0.410 e. The summed E-state index contributed by atoms with van der Waals surface area (Å²) in [7, 11) is 1.33. The lowest BCUT2D eigenvalue weighted by Crippen LogP contribution is -2.30. The van der Waals surface area contributed by atoms with Gasteiger partial charge in [0.25, 0.3) is 0 Å². The zero-order valence-electron chi connectivity index (χ0n) is 13.5. The zero-order valence-corrected chi connectivity index (χ0v) is 13.5. The van der Waals surface area contributed by atoms with E-state index in [1.165, 1.54) is 12.0 Å². The van der Waals surface area contributed by atoms with Crippen LogP contribution in [0, 0.1) is 17.8 Å². The molecule has 1 aliphatic rings. The third kappa shape index (κ3) is 4.22. The van der Waals surface area contributed by atoms with Gasteiger partial charge < -0.3 is 19.5 Å². The molecule has 0 spiro atoms. The number of carbonyl (C=O) groups excluding carboxylic acids is 2. The molecule has 1 heterocycles. The van der Waals surface area contributed by atoms with Crippen molar-refractivity contribution in [3.63, 3.8) is 0 Å². The standard InChI is InChI=1S/C17H23NO5/c1-12(10-19)14-8-18(9-15(14)16(20)22-2)17(21)23-11-13-6-4-3-5-7-13/h3-7,12,14-15,19H,8-11H2,1-2H3/t12-,14?,15?/m0/s1. The Hall–Kier alpha value is -2.08. The second-order valence-electron chi connectivity index (χ2n) is 5.90. The molecule has 0 saturated carbocycles. The number of hydrogen-bond donors (Lipinski definition) is 1. The van der Waals surface area contributed by atoms with Gasteiger partial charge in [-0.25, -0.2) is 4.79 Å². The first kappa shape index (κ1) is 17.3. The fraction of sp³-hybridized carbons (Fsp3) is 0.529.